The molecule has 4 rings (SSSR count). The number of hydrogen-bond acceptors (Lipinski definition) is 2. The molecular weight excluding hydrogens is 274 g/mol. The summed E-state index contributed by atoms with van der Waals surface area (Å²) in [5.74, 6) is 0.127. The molecule has 0 aromatic heterocycles. The van der Waals surface area contributed by atoms with Gasteiger partial charge in [0.2, 0.25) is 0 Å². The third kappa shape index (κ3) is 2.13. The molecule has 0 saturated carbocycles. The highest BCUT2D eigenvalue weighted by molar-refractivity contribution is 5.94. The van der Waals surface area contributed by atoms with Crippen molar-refractivity contribution in [2.45, 2.75) is 25.0 Å². The summed E-state index contributed by atoms with van der Waals surface area (Å²) in [4.78, 5) is 14.5. The van der Waals surface area contributed by atoms with Crippen molar-refractivity contribution in [2.75, 3.05) is 13.1 Å². The van der Waals surface area contributed by atoms with Gasteiger partial charge >= 0.3 is 0 Å². The minimum absolute atomic E-state index is 0.127. The van der Waals surface area contributed by atoms with Crippen LogP contribution in [-0.4, -0.2) is 23.9 Å². The van der Waals surface area contributed by atoms with Gasteiger partial charge in [0.05, 0.1) is 12.2 Å². The second kappa shape index (κ2) is 5.25. The topological polar surface area (TPSA) is 29.5 Å². The van der Waals surface area contributed by atoms with Crippen molar-refractivity contribution >= 4 is 5.91 Å². The van der Waals surface area contributed by atoms with E-state index in [0.717, 1.165) is 31.5 Å². The van der Waals surface area contributed by atoms with E-state index >= 15 is 0 Å². The van der Waals surface area contributed by atoms with Crippen molar-refractivity contribution in [1.29, 1.82) is 0 Å². The second-order valence-corrected chi connectivity index (χ2v) is 6.10. The van der Waals surface area contributed by atoms with Gasteiger partial charge in [-0.1, -0.05) is 42.5 Å². The maximum absolute atomic E-state index is 12.5. The van der Waals surface area contributed by atoms with E-state index in [4.69, 9.17) is 4.74 Å². The first-order chi connectivity index (χ1) is 10.8. The smallest absolute Gasteiger partial charge is 0.253 e. The Bertz CT molecular complexity index is 688. The first kappa shape index (κ1) is 13.5. The number of fused-ring (bicyclic) bond motifs is 2. The van der Waals surface area contributed by atoms with Gasteiger partial charge in [-0.15, -0.1) is 0 Å². The molecule has 1 saturated heterocycles. The van der Waals surface area contributed by atoms with Crippen molar-refractivity contribution in [3.8, 4) is 0 Å². The number of piperidine rings is 1. The number of ether oxygens (including phenoxy) is 1. The third-order valence-electron chi connectivity index (χ3n) is 4.89. The molecule has 2 aliphatic rings. The summed E-state index contributed by atoms with van der Waals surface area (Å²) >= 11 is 0. The summed E-state index contributed by atoms with van der Waals surface area (Å²) in [6.45, 7) is 2.20. The highest BCUT2D eigenvalue weighted by atomic mass is 16.5. The van der Waals surface area contributed by atoms with Crippen LogP contribution in [0.1, 0.15) is 34.3 Å². The fourth-order valence-corrected chi connectivity index (χ4v) is 3.63. The van der Waals surface area contributed by atoms with Crippen molar-refractivity contribution in [3.63, 3.8) is 0 Å². The molecular formula is C19H19NO2. The van der Waals surface area contributed by atoms with Gasteiger partial charge in [-0.2, -0.15) is 0 Å². The predicted octanol–water partition coefficient (Wildman–Crippen LogP) is 3.35. The van der Waals surface area contributed by atoms with Crippen LogP contribution in [0.2, 0.25) is 0 Å². The zero-order valence-corrected chi connectivity index (χ0v) is 12.5. The Morgan fingerprint density at radius 2 is 1.64 bits per heavy atom. The van der Waals surface area contributed by atoms with Crippen LogP contribution in [0.3, 0.4) is 0 Å². The SMILES string of the molecule is O=C(c1ccccc1)N1CCC2(CC1)OCc1ccccc12. The standard InChI is InChI=1S/C19H19NO2/c21-18(15-6-2-1-3-7-15)20-12-10-19(11-13-20)17-9-5-4-8-16(17)14-22-19/h1-9H,10-14H2. The Morgan fingerprint density at radius 1 is 0.955 bits per heavy atom. The molecule has 2 aromatic rings. The lowest BCUT2D eigenvalue weighted by molar-refractivity contribution is -0.0741. The summed E-state index contributed by atoms with van der Waals surface area (Å²) < 4.78 is 6.15. The minimum atomic E-state index is -0.177. The van der Waals surface area contributed by atoms with E-state index in [-0.39, 0.29) is 11.5 Å². The van der Waals surface area contributed by atoms with Crippen LogP contribution >= 0.6 is 0 Å². The molecule has 2 heterocycles. The molecule has 3 nitrogen and oxygen atoms in total. The number of rotatable bonds is 1. The first-order valence-electron chi connectivity index (χ1n) is 7.85. The number of likely N-dealkylation sites (tertiary alicyclic amines) is 1. The summed E-state index contributed by atoms with van der Waals surface area (Å²) in [5, 5.41) is 0. The van der Waals surface area contributed by atoms with E-state index in [1.54, 1.807) is 0 Å². The average Bonchev–Trinajstić information content (AvgIpc) is 2.95. The molecule has 0 N–H and O–H groups in total. The van der Waals surface area contributed by atoms with Crippen molar-refractivity contribution in [1.82, 2.24) is 4.90 Å². The Kier molecular flexibility index (Phi) is 3.23. The van der Waals surface area contributed by atoms with E-state index in [1.165, 1.54) is 11.1 Å². The van der Waals surface area contributed by atoms with Crippen molar-refractivity contribution < 1.29 is 9.53 Å². The lowest BCUT2D eigenvalue weighted by atomic mass is 9.83. The summed E-state index contributed by atoms with van der Waals surface area (Å²) in [7, 11) is 0. The molecule has 1 amide bonds. The van der Waals surface area contributed by atoms with Crippen LogP contribution in [0.25, 0.3) is 0 Å². The maximum Gasteiger partial charge on any atom is 0.253 e. The molecule has 1 spiro atoms. The fourth-order valence-electron chi connectivity index (χ4n) is 3.63. The quantitative estimate of drug-likeness (QED) is 0.807. The Balaban J connectivity index is 1.51. The third-order valence-corrected chi connectivity index (χ3v) is 4.89. The van der Waals surface area contributed by atoms with Gasteiger partial charge in [0, 0.05) is 18.7 Å². The summed E-state index contributed by atoms with van der Waals surface area (Å²) in [5.41, 5.74) is 3.21. The lowest BCUT2D eigenvalue weighted by Crippen LogP contribution is -2.45. The number of amides is 1. The van der Waals surface area contributed by atoms with E-state index in [2.05, 4.69) is 24.3 Å². The maximum atomic E-state index is 12.5. The van der Waals surface area contributed by atoms with E-state index < -0.39 is 0 Å². The molecule has 0 radical (unpaired) electrons. The van der Waals surface area contributed by atoms with Gasteiger partial charge in [0.25, 0.3) is 5.91 Å². The lowest BCUT2D eigenvalue weighted by Gasteiger charge is -2.39. The van der Waals surface area contributed by atoms with Gasteiger partial charge < -0.3 is 9.64 Å². The molecule has 0 bridgehead atoms. The fraction of sp³-hybridized carbons (Fsp3) is 0.316. The molecule has 3 heteroatoms. The Hall–Kier alpha value is -2.13. The minimum Gasteiger partial charge on any atom is -0.365 e. The number of benzene rings is 2. The van der Waals surface area contributed by atoms with E-state index in [0.29, 0.717) is 6.61 Å². The molecule has 112 valence electrons. The monoisotopic (exact) mass is 293 g/mol. The molecule has 2 aliphatic heterocycles. The van der Waals surface area contributed by atoms with Crippen molar-refractivity contribution in [2.24, 2.45) is 0 Å². The second-order valence-electron chi connectivity index (χ2n) is 6.10. The molecule has 0 aliphatic carbocycles. The number of nitrogens with zero attached hydrogens (tertiary/aromatic N) is 1. The van der Waals surface area contributed by atoms with Gasteiger partial charge in [0.15, 0.2) is 0 Å². The van der Waals surface area contributed by atoms with Crippen molar-refractivity contribution in [3.05, 3.63) is 71.3 Å². The number of hydrogen-bond donors (Lipinski definition) is 0. The zero-order valence-electron chi connectivity index (χ0n) is 12.5. The molecule has 2 aromatic carbocycles. The molecule has 1 fully saturated rings. The zero-order chi connectivity index (χ0) is 15.0. The molecule has 0 unspecified atom stereocenters. The first-order valence-corrected chi connectivity index (χ1v) is 7.85. The number of carbonyl (C=O) groups excluding carboxylic acids is 1. The Morgan fingerprint density at radius 3 is 2.41 bits per heavy atom. The Labute approximate surface area is 130 Å². The normalized spacial score (nSPS) is 19.2. The summed E-state index contributed by atoms with van der Waals surface area (Å²) in [6.07, 6.45) is 1.76. The van der Waals surface area contributed by atoms with Crippen LogP contribution in [0, 0.1) is 0 Å². The molecule has 0 atom stereocenters. The highest BCUT2D eigenvalue weighted by Crippen LogP contribution is 2.44. The van der Waals surface area contributed by atoms with Gasteiger partial charge in [-0.05, 0) is 36.1 Å². The van der Waals surface area contributed by atoms with Crippen LogP contribution in [0.5, 0.6) is 0 Å². The van der Waals surface area contributed by atoms with Crippen LogP contribution in [0.15, 0.2) is 54.6 Å². The van der Waals surface area contributed by atoms with Crippen LogP contribution < -0.4 is 0 Å². The van der Waals surface area contributed by atoms with Gasteiger partial charge in [0.1, 0.15) is 0 Å². The average molecular weight is 293 g/mol. The van der Waals surface area contributed by atoms with Crippen LogP contribution in [0.4, 0.5) is 0 Å². The number of carbonyl (C=O) groups is 1. The predicted molar refractivity (Wildman–Crippen MR) is 84.5 cm³/mol. The van der Waals surface area contributed by atoms with Gasteiger partial charge in [-0.25, -0.2) is 0 Å². The van der Waals surface area contributed by atoms with E-state index in [9.17, 15) is 4.79 Å². The highest BCUT2D eigenvalue weighted by Gasteiger charge is 2.43. The van der Waals surface area contributed by atoms with E-state index in [1.807, 2.05) is 35.2 Å². The molecule has 22 heavy (non-hydrogen) atoms. The largest absolute Gasteiger partial charge is 0.365 e. The van der Waals surface area contributed by atoms with Crippen LogP contribution in [-0.2, 0) is 16.9 Å². The summed E-state index contributed by atoms with van der Waals surface area (Å²) in [6, 6.07) is 18.0. The van der Waals surface area contributed by atoms with Gasteiger partial charge in [-0.3, -0.25) is 4.79 Å².